The van der Waals surface area contributed by atoms with Crippen molar-refractivity contribution in [1.82, 2.24) is 15.1 Å². The Balaban J connectivity index is 1.30. The predicted molar refractivity (Wildman–Crippen MR) is 116 cm³/mol. The quantitative estimate of drug-likeness (QED) is 0.735. The Labute approximate surface area is 177 Å². The van der Waals surface area contributed by atoms with Gasteiger partial charge >= 0.3 is 0 Å². The van der Waals surface area contributed by atoms with Gasteiger partial charge in [-0.15, -0.1) is 0 Å². The van der Waals surface area contributed by atoms with E-state index in [1.54, 1.807) is 0 Å². The highest BCUT2D eigenvalue weighted by molar-refractivity contribution is 5.83. The first-order valence-electron chi connectivity index (χ1n) is 12.5. The van der Waals surface area contributed by atoms with Gasteiger partial charge in [0.1, 0.15) is 0 Å². The number of piperidine rings is 2. The van der Waals surface area contributed by atoms with Crippen LogP contribution in [-0.4, -0.2) is 59.9 Å². The number of nitrogens with one attached hydrogen (secondary N) is 1. The van der Waals surface area contributed by atoms with Gasteiger partial charge in [0.15, 0.2) is 0 Å². The highest BCUT2D eigenvalue weighted by Crippen LogP contribution is 2.36. The Hall–Kier alpha value is -1.10. The molecule has 2 aliphatic heterocycles. The molecular weight excluding hydrogens is 362 g/mol. The van der Waals surface area contributed by atoms with Crippen molar-refractivity contribution in [2.45, 2.75) is 95.4 Å². The van der Waals surface area contributed by atoms with Crippen LogP contribution in [0.4, 0.5) is 0 Å². The van der Waals surface area contributed by atoms with E-state index in [2.05, 4.69) is 10.2 Å². The van der Waals surface area contributed by atoms with Gasteiger partial charge in [-0.05, 0) is 64.0 Å². The number of rotatable bonds is 6. The standard InChI is InChI=1S/C24H41N3O2/c28-22-12-11-21(18-26(22)17-20-9-3-1-4-10-20)23(29)25-19-24(13-5-6-14-24)27-15-7-2-8-16-27/h20-21H,1-19H2,(H,25,29)/t21-/m1/s1. The summed E-state index contributed by atoms with van der Waals surface area (Å²) in [6.45, 7) is 4.71. The highest BCUT2D eigenvalue weighted by Gasteiger charge is 2.41. The minimum Gasteiger partial charge on any atom is -0.354 e. The Morgan fingerprint density at radius 1 is 0.931 bits per heavy atom. The van der Waals surface area contributed by atoms with Crippen LogP contribution in [-0.2, 0) is 9.59 Å². The van der Waals surface area contributed by atoms with Gasteiger partial charge in [-0.2, -0.15) is 0 Å². The van der Waals surface area contributed by atoms with Crippen LogP contribution in [0.5, 0.6) is 0 Å². The molecule has 164 valence electrons. The van der Waals surface area contributed by atoms with Crippen molar-refractivity contribution < 1.29 is 9.59 Å². The fourth-order valence-electron chi connectivity index (χ4n) is 6.39. The molecule has 0 spiro atoms. The summed E-state index contributed by atoms with van der Waals surface area (Å²) in [5, 5.41) is 3.35. The van der Waals surface area contributed by atoms with Crippen LogP contribution in [0.2, 0.25) is 0 Å². The van der Waals surface area contributed by atoms with Crippen LogP contribution in [0.25, 0.3) is 0 Å². The van der Waals surface area contributed by atoms with E-state index in [1.807, 2.05) is 4.90 Å². The molecule has 4 rings (SSSR count). The summed E-state index contributed by atoms with van der Waals surface area (Å²) in [5.41, 5.74) is 0.197. The summed E-state index contributed by atoms with van der Waals surface area (Å²) >= 11 is 0. The summed E-state index contributed by atoms with van der Waals surface area (Å²) < 4.78 is 0. The van der Waals surface area contributed by atoms with E-state index in [1.165, 1.54) is 90.1 Å². The zero-order valence-electron chi connectivity index (χ0n) is 18.3. The molecule has 0 radical (unpaired) electrons. The number of carbonyl (C=O) groups excluding carboxylic acids is 2. The minimum absolute atomic E-state index is 0.0175. The number of hydrogen-bond donors (Lipinski definition) is 1. The summed E-state index contributed by atoms with van der Waals surface area (Å²) in [6.07, 6.45) is 16.7. The van der Waals surface area contributed by atoms with Crippen LogP contribution in [0.3, 0.4) is 0 Å². The number of nitrogens with zero attached hydrogens (tertiary/aromatic N) is 2. The molecule has 2 amide bonds. The Morgan fingerprint density at radius 3 is 2.34 bits per heavy atom. The van der Waals surface area contributed by atoms with Gasteiger partial charge in [0.2, 0.25) is 11.8 Å². The molecule has 4 aliphatic rings. The lowest BCUT2D eigenvalue weighted by Crippen LogP contribution is -2.57. The minimum atomic E-state index is -0.0175. The number of likely N-dealkylation sites (tertiary alicyclic amines) is 2. The molecule has 0 aromatic carbocycles. The van der Waals surface area contributed by atoms with Gasteiger partial charge in [-0.1, -0.05) is 38.5 Å². The molecule has 2 saturated heterocycles. The summed E-state index contributed by atoms with van der Waals surface area (Å²) in [5.74, 6) is 1.08. The van der Waals surface area contributed by atoms with Crippen molar-refractivity contribution >= 4 is 11.8 Å². The van der Waals surface area contributed by atoms with Crippen molar-refractivity contribution in [3.8, 4) is 0 Å². The van der Waals surface area contributed by atoms with Gasteiger partial charge in [0, 0.05) is 31.6 Å². The van der Waals surface area contributed by atoms with Crippen molar-refractivity contribution in [3.63, 3.8) is 0 Å². The molecule has 1 N–H and O–H groups in total. The third-order valence-electron chi connectivity index (χ3n) is 8.23. The molecule has 0 aromatic heterocycles. The number of amides is 2. The normalized spacial score (nSPS) is 29.2. The first kappa shape index (κ1) is 21.1. The van der Waals surface area contributed by atoms with Crippen LogP contribution in [0, 0.1) is 11.8 Å². The highest BCUT2D eigenvalue weighted by atomic mass is 16.2. The molecule has 5 nitrogen and oxygen atoms in total. The van der Waals surface area contributed by atoms with Crippen molar-refractivity contribution in [3.05, 3.63) is 0 Å². The first-order valence-corrected chi connectivity index (χ1v) is 12.5. The van der Waals surface area contributed by atoms with Crippen LogP contribution < -0.4 is 5.32 Å². The van der Waals surface area contributed by atoms with E-state index < -0.39 is 0 Å². The van der Waals surface area contributed by atoms with E-state index in [-0.39, 0.29) is 23.3 Å². The topological polar surface area (TPSA) is 52.7 Å². The lowest BCUT2D eigenvalue weighted by molar-refractivity contribution is -0.139. The van der Waals surface area contributed by atoms with Crippen LogP contribution >= 0.6 is 0 Å². The maximum absolute atomic E-state index is 13.1. The number of hydrogen-bond acceptors (Lipinski definition) is 3. The molecule has 2 heterocycles. The summed E-state index contributed by atoms with van der Waals surface area (Å²) in [4.78, 5) is 30.2. The maximum atomic E-state index is 13.1. The second-order valence-corrected chi connectivity index (χ2v) is 10.2. The lowest BCUT2D eigenvalue weighted by atomic mass is 9.87. The zero-order chi connectivity index (χ0) is 20.1. The van der Waals surface area contributed by atoms with Gasteiger partial charge in [0.05, 0.1) is 5.92 Å². The van der Waals surface area contributed by atoms with Crippen LogP contribution in [0.1, 0.15) is 89.9 Å². The van der Waals surface area contributed by atoms with Crippen LogP contribution in [0.15, 0.2) is 0 Å². The molecule has 2 aliphatic carbocycles. The third kappa shape index (κ3) is 5.15. The Bertz CT molecular complexity index is 560. The van der Waals surface area contributed by atoms with Crippen molar-refractivity contribution in [2.75, 3.05) is 32.7 Å². The molecular formula is C24H41N3O2. The first-order chi connectivity index (χ1) is 14.2. The molecule has 0 bridgehead atoms. The fourth-order valence-corrected chi connectivity index (χ4v) is 6.39. The van der Waals surface area contributed by atoms with Gasteiger partial charge in [-0.25, -0.2) is 0 Å². The smallest absolute Gasteiger partial charge is 0.224 e. The Morgan fingerprint density at radius 2 is 1.62 bits per heavy atom. The van der Waals surface area contributed by atoms with Crippen molar-refractivity contribution in [1.29, 1.82) is 0 Å². The SMILES string of the molecule is O=C(NCC1(N2CCCCC2)CCCC1)[C@@H]1CCC(=O)N(CC2CCCCC2)C1. The van der Waals surface area contributed by atoms with Gasteiger partial charge in [-0.3, -0.25) is 14.5 Å². The average molecular weight is 404 g/mol. The Kier molecular flexibility index (Phi) is 7.15. The predicted octanol–water partition coefficient (Wildman–Crippen LogP) is 3.72. The number of carbonyl (C=O) groups is 2. The largest absolute Gasteiger partial charge is 0.354 e. The molecule has 4 fully saturated rings. The molecule has 2 saturated carbocycles. The monoisotopic (exact) mass is 403 g/mol. The molecule has 29 heavy (non-hydrogen) atoms. The fraction of sp³-hybridized carbons (Fsp3) is 0.917. The molecule has 0 aromatic rings. The van der Waals surface area contributed by atoms with E-state index in [4.69, 9.17) is 0 Å². The van der Waals surface area contributed by atoms with Crippen molar-refractivity contribution in [2.24, 2.45) is 11.8 Å². The second kappa shape index (κ2) is 9.80. The second-order valence-electron chi connectivity index (χ2n) is 10.2. The summed E-state index contributed by atoms with van der Waals surface area (Å²) in [7, 11) is 0. The van der Waals surface area contributed by atoms with Gasteiger partial charge in [0.25, 0.3) is 0 Å². The van der Waals surface area contributed by atoms with Gasteiger partial charge < -0.3 is 10.2 Å². The van der Waals surface area contributed by atoms with E-state index in [0.717, 1.165) is 19.5 Å². The van der Waals surface area contributed by atoms with E-state index in [9.17, 15) is 9.59 Å². The molecule has 1 atom stereocenters. The summed E-state index contributed by atoms with van der Waals surface area (Å²) in [6, 6.07) is 0. The third-order valence-corrected chi connectivity index (χ3v) is 8.23. The molecule has 0 unspecified atom stereocenters. The maximum Gasteiger partial charge on any atom is 0.224 e. The lowest BCUT2D eigenvalue weighted by Gasteiger charge is -2.44. The van der Waals surface area contributed by atoms with E-state index >= 15 is 0 Å². The van der Waals surface area contributed by atoms with E-state index in [0.29, 0.717) is 18.9 Å². The average Bonchev–Trinajstić information content (AvgIpc) is 3.25. The molecule has 5 heteroatoms. The zero-order valence-corrected chi connectivity index (χ0v) is 18.3.